The summed E-state index contributed by atoms with van der Waals surface area (Å²) in [6.07, 6.45) is 5.83. The van der Waals surface area contributed by atoms with Crippen LogP contribution in [0.3, 0.4) is 0 Å². The second-order valence-corrected chi connectivity index (χ2v) is 7.78. The first-order valence-corrected chi connectivity index (χ1v) is 10.2. The van der Waals surface area contributed by atoms with Crippen molar-refractivity contribution >= 4 is 11.8 Å². The maximum absolute atomic E-state index is 12.9. The molecule has 0 spiro atoms. The molecule has 6 heteroatoms. The van der Waals surface area contributed by atoms with E-state index in [0.717, 1.165) is 23.2 Å². The molecule has 1 unspecified atom stereocenters. The van der Waals surface area contributed by atoms with Gasteiger partial charge < -0.3 is 15.2 Å². The zero-order valence-corrected chi connectivity index (χ0v) is 17.4. The van der Waals surface area contributed by atoms with Crippen molar-refractivity contribution in [2.24, 2.45) is 5.92 Å². The third-order valence-corrected chi connectivity index (χ3v) is 4.68. The minimum Gasteiger partial charge on any atom is -0.350 e. The first-order valence-electron chi connectivity index (χ1n) is 10.2. The molecule has 6 nitrogen and oxygen atoms in total. The molecule has 0 radical (unpaired) electrons. The number of imidazole rings is 1. The van der Waals surface area contributed by atoms with Crippen molar-refractivity contribution in [1.29, 1.82) is 0 Å². The third kappa shape index (κ3) is 6.30. The van der Waals surface area contributed by atoms with Crippen LogP contribution in [0.25, 0.3) is 0 Å². The van der Waals surface area contributed by atoms with Gasteiger partial charge in [-0.15, -0.1) is 0 Å². The van der Waals surface area contributed by atoms with Crippen molar-refractivity contribution in [2.45, 2.75) is 39.4 Å². The molecule has 2 N–H and O–H groups in total. The summed E-state index contributed by atoms with van der Waals surface area (Å²) in [5.74, 6) is -0.127. The Morgan fingerprint density at radius 2 is 1.80 bits per heavy atom. The highest BCUT2D eigenvalue weighted by atomic mass is 16.2. The molecule has 1 aromatic heterocycles. The van der Waals surface area contributed by atoms with Crippen molar-refractivity contribution < 1.29 is 9.59 Å². The number of nitrogens with zero attached hydrogens (tertiary/aromatic N) is 2. The van der Waals surface area contributed by atoms with Gasteiger partial charge in [-0.05, 0) is 22.6 Å². The second-order valence-electron chi connectivity index (χ2n) is 7.78. The molecule has 0 aliphatic rings. The summed E-state index contributed by atoms with van der Waals surface area (Å²) in [5.41, 5.74) is 2.90. The van der Waals surface area contributed by atoms with Gasteiger partial charge in [0.05, 0.1) is 6.33 Å². The number of hydrogen-bond donors (Lipinski definition) is 2. The molecule has 0 fully saturated rings. The topological polar surface area (TPSA) is 76.0 Å². The SMILES string of the molecule is CC(C)CC(=O)NC(C(=O)NCc1cccc(Cn2ccnc2)c1)c1ccccc1. The van der Waals surface area contributed by atoms with Gasteiger partial charge >= 0.3 is 0 Å². The van der Waals surface area contributed by atoms with Gasteiger partial charge in [-0.25, -0.2) is 4.98 Å². The average Bonchev–Trinajstić information content (AvgIpc) is 3.24. The van der Waals surface area contributed by atoms with E-state index in [2.05, 4.69) is 21.7 Å². The van der Waals surface area contributed by atoms with Crippen LogP contribution in [0.15, 0.2) is 73.3 Å². The lowest BCUT2D eigenvalue weighted by Crippen LogP contribution is -2.40. The highest BCUT2D eigenvalue weighted by molar-refractivity contribution is 5.88. The standard InChI is InChI=1S/C24H28N4O2/c1-18(2)13-22(29)27-23(21-9-4-3-5-10-21)24(30)26-15-19-7-6-8-20(14-19)16-28-12-11-25-17-28/h3-12,14,17-18,23H,13,15-16H2,1-2H3,(H,26,30)(H,27,29). The lowest BCUT2D eigenvalue weighted by atomic mass is 10.0. The summed E-state index contributed by atoms with van der Waals surface area (Å²) >= 11 is 0. The number of nitrogens with one attached hydrogen (secondary N) is 2. The molecule has 0 aliphatic carbocycles. The Morgan fingerprint density at radius 1 is 1.03 bits per heavy atom. The Kier molecular flexibility index (Phi) is 7.38. The van der Waals surface area contributed by atoms with Gasteiger partial charge in [0.1, 0.15) is 6.04 Å². The summed E-state index contributed by atoms with van der Waals surface area (Å²) in [6.45, 7) is 5.07. The zero-order valence-electron chi connectivity index (χ0n) is 17.4. The summed E-state index contributed by atoms with van der Waals surface area (Å²) in [5, 5.41) is 5.85. The predicted molar refractivity (Wildman–Crippen MR) is 116 cm³/mol. The fraction of sp³-hybridized carbons (Fsp3) is 0.292. The molecular formula is C24H28N4O2. The largest absolute Gasteiger partial charge is 0.350 e. The summed E-state index contributed by atoms with van der Waals surface area (Å²) in [4.78, 5) is 29.3. The van der Waals surface area contributed by atoms with Crippen LogP contribution in [0.5, 0.6) is 0 Å². The van der Waals surface area contributed by atoms with E-state index in [1.165, 1.54) is 0 Å². The Balaban J connectivity index is 1.66. The van der Waals surface area contributed by atoms with Crippen molar-refractivity contribution in [3.05, 3.63) is 90.0 Å². The van der Waals surface area contributed by atoms with Gasteiger partial charge in [-0.2, -0.15) is 0 Å². The molecule has 2 amide bonds. The molecule has 2 aromatic carbocycles. The fourth-order valence-corrected chi connectivity index (χ4v) is 3.26. The maximum Gasteiger partial charge on any atom is 0.247 e. The third-order valence-electron chi connectivity index (χ3n) is 4.68. The molecule has 3 rings (SSSR count). The summed E-state index contributed by atoms with van der Waals surface area (Å²) in [6, 6.07) is 16.7. The maximum atomic E-state index is 12.9. The van der Waals surface area contributed by atoms with E-state index in [-0.39, 0.29) is 17.7 Å². The van der Waals surface area contributed by atoms with E-state index >= 15 is 0 Å². The molecule has 3 aromatic rings. The van der Waals surface area contributed by atoms with Crippen LogP contribution in [0.1, 0.15) is 43.0 Å². The lowest BCUT2D eigenvalue weighted by molar-refractivity contribution is -0.129. The molecule has 0 saturated carbocycles. The van der Waals surface area contributed by atoms with Crippen LogP contribution in [-0.2, 0) is 22.7 Å². The van der Waals surface area contributed by atoms with Crippen molar-refractivity contribution in [2.75, 3.05) is 0 Å². The van der Waals surface area contributed by atoms with Crippen LogP contribution in [0, 0.1) is 5.92 Å². The first kappa shape index (κ1) is 21.3. The number of carbonyl (C=O) groups excluding carboxylic acids is 2. The Labute approximate surface area is 177 Å². The van der Waals surface area contributed by atoms with Gasteiger partial charge in [-0.3, -0.25) is 9.59 Å². The highest BCUT2D eigenvalue weighted by Crippen LogP contribution is 2.15. The van der Waals surface area contributed by atoms with Gasteiger partial charge in [0.25, 0.3) is 0 Å². The van der Waals surface area contributed by atoms with Crippen LogP contribution in [0.2, 0.25) is 0 Å². The normalized spacial score (nSPS) is 11.8. The van der Waals surface area contributed by atoms with E-state index < -0.39 is 6.04 Å². The van der Waals surface area contributed by atoms with E-state index in [4.69, 9.17) is 0 Å². The Hall–Kier alpha value is -3.41. The predicted octanol–water partition coefficient (Wildman–Crippen LogP) is 3.45. The molecule has 0 saturated heterocycles. The van der Waals surface area contributed by atoms with Crippen molar-refractivity contribution in [1.82, 2.24) is 20.2 Å². The van der Waals surface area contributed by atoms with Crippen LogP contribution in [0.4, 0.5) is 0 Å². The number of rotatable bonds is 9. The molecule has 156 valence electrons. The molecule has 1 atom stereocenters. The smallest absolute Gasteiger partial charge is 0.247 e. The molecule has 30 heavy (non-hydrogen) atoms. The van der Waals surface area contributed by atoms with E-state index in [0.29, 0.717) is 13.0 Å². The number of amides is 2. The Morgan fingerprint density at radius 3 is 2.50 bits per heavy atom. The molecular weight excluding hydrogens is 376 g/mol. The number of hydrogen-bond acceptors (Lipinski definition) is 3. The van der Waals surface area contributed by atoms with E-state index in [9.17, 15) is 9.59 Å². The Bertz CT molecular complexity index is 952. The van der Waals surface area contributed by atoms with Crippen LogP contribution in [-0.4, -0.2) is 21.4 Å². The van der Waals surface area contributed by atoms with Gasteiger partial charge in [0.15, 0.2) is 0 Å². The molecule has 0 bridgehead atoms. The highest BCUT2D eigenvalue weighted by Gasteiger charge is 2.22. The second kappa shape index (κ2) is 10.4. The lowest BCUT2D eigenvalue weighted by Gasteiger charge is -2.20. The zero-order chi connectivity index (χ0) is 21.3. The van der Waals surface area contributed by atoms with E-state index in [1.807, 2.05) is 73.1 Å². The fourth-order valence-electron chi connectivity index (χ4n) is 3.26. The van der Waals surface area contributed by atoms with Crippen molar-refractivity contribution in [3.8, 4) is 0 Å². The van der Waals surface area contributed by atoms with Gasteiger partial charge in [0, 0.05) is 31.9 Å². The summed E-state index contributed by atoms with van der Waals surface area (Å²) in [7, 11) is 0. The monoisotopic (exact) mass is 404 g/mol. The minimum atomic E-state index is -0.716. The van der Waals surface area contributed by atoms with Crippen LogP contribution < -0.4 is 10.6 Å². The minimum absolute atomic E-state index is 0.128. The van der Waals surface area contributed by atoms with Gasteiger partial charge in [0.2, 0.25) is 11.8 Å². The number of aromatic nitrogens is 2. The number of carbonyl (C=O) groups is 2. The molecule has 1 heterocycles. The average molecular weight is 405 g/mol. The van der Waals surface area contributed by atoms with Crippen LogP contribution >= 0.6 is 0 Å². The molecule has 0 aliphatic heterocycles. The quantitative estimate of drug-likeness (QED) is 0.574. The first-order chi connectivity index (χ1) is 14.5. The van der Waals surface area contributed by atoms with Gasteiger partial charge in [-0.1, -0.05) is 68.4 Å². The summed E-state index contributed by atoms with van der Waals surface area (Å²) < 4.78 is 1.99. The number of benzene rings is 2. The van der Waals surface area contributed by atoms with E-state index in [1.54, 1.807) is 12.5 Å². The van der Waals surface area contributed by atoms with Crippen molar-refractivity contribution in [3.63, 3.8) is 0 Å².